The zero-order valence-electron chi connectivity index (χ0n) is 12.1. The van der Waals surface area contributed by atoms with E-state index < -0.39 is 0 Å². The number of carbonyl (C=O) groups is 1. The Morgan fingerprint density at radius 3 is 2.58 bits per heavy atom. The first-order valence-electron chi connectivity index (χ1n) is 7.09. The van der Waals surface area contributed by atoms with Crippen LogP contribution in [0, 0.1) is 5.92 Å². The van der Waals surface area contributed by atoms with Crippen molar-refractivity contribution in [1.29, 1.82) is 0 Å². The van der Waals surface area contributed by atoms with E-state index in [1.165, 1.54) is 0 Å². The topological polar surface area (TPSA) is 49.6 Å². The summed E-state index contributed by atoms with van der Waals surface area (Å²) < 4.78 is 0. The maximum Gasteiger partial charge on any atom is 0.237 e. The Kier molecular flexibility index (Phi) is 6.81. The minimum absolute atomic E-state index is 0.144. The zero-order chi connectivity index (χ0) is 14.3. The van der Waals surface area contributed by atoms with E-state index in [9.17, 15) is 4.79 Å². The molecule has 0 aromatic rings. The van der Waals surface area contributed by atoms with Gasteiger partial charge in [-0.2, -0.15) is 0 Å². The van der Waals surface area contributed by atoms with Crippen LogP contribution in [0.4, 0.5) is 0 Å². The Balaban J connectivity index is 2.50. The number of piperidine rings is 1. The molecule has 2 atom stereocenters. The molecule has 4 nitrogen and oxygen atoms in total. The third kappa shape index (κ3) is 4.80. The lowest BCUT2D eigenvalue weighted by molar-refractivity contribution is -0.131. The molecule has 0 aromatic carbocycles. The van der Waals surface area contributed by atoms with E-state index >= 15 is 0 Å². The summed E-state index contributed by atoms with van der Waals surface area (Å²) in [5.74, 6) is 0.652. The summed E-state index contributed by atoms with van der Waals surface area (Å²) in [6.07, 6.45) is 5.56. The first kappa shape index (κ1) is 15.9. The van der Waals surface area contributed by atoms with Gasteiger partial charge in [0.15, 0.2) is 0 Å². The Hall–Kier alpha value is -1.13. The highest BCUT2D eigenvalue weighted by molar-refractivity contribution is 5.78. The van der Waals surface area contributed by atoms with Crippen LogP contribution in [-0.4, -0.2) is 54.5 Å². The fraction of sp³-hybridized carbons (Fsp3) is 0.667. The Morgan fingerprint density at radius 1 is 1.42 bits per heavy atom. The summed E-state index contributed by atoms with van der Waals surface area (Å²) in [6.45, 7) is 13.0. The highest BCUT2D eigenvalue weighted by Crippen LogP contribution is 2.18. The van der Waals surface area contributed by atoms with Crippen molar-refractivity contribution in [2.24, 2.45) is 11.7 Å². The number of hydrogen-bond acceptors (Lipinski definition) is 3. The summed E-state index contributed by atoms with van der Waals surface area (Å²) in [6, 6.07) is 0.286. The van der Waals surface area contributed by atoms with Gasteiger partial charge in [-0.15, -0.1) is 13.2 Å². The molecule has 0 aromatic heterocycles. The SMILES string of the molecule is C=CCN(CC=C)C(=O)CN1CCC(N)C(CC)C1. The quantitative estimate of drug-likeness (QED) is 0.705. The van der Waals surface area contributed by atoms with Crippen molar-refractivity contribution in [3.05, 3.63) is 25.3 Å². The second-order valence-corrected chi connectivity index (χ2v) is 5.23. The lowest BCUT2D eigenvalue weighted by Gasteiger charge is -2.36. The van der Waals surface area contributed by atoms with E-state index in [1.807, 2.05) is 0 Å². The molecule has 1 fully saturated rings. The molecule has 19 heavy (non-hydrogen) atoms. The van der Waals surface area contributed by atoms with E-state index in [-0.39, 0.29) is 11.9 Å². The Morgan fingerprint density at radius 2 is 2.05 bits per heavy atom. The van der Waals surface area contributed by atoms with Crippen LogP contribution in [0.15, 0.2) is 25.3 Å². The molecule has 1 heterocycles. The van der Waals surface area contributed by atoms with Gasteiger partial charge in [-0.3, -0.25) is 9.69 Å². The molecule has 108 valence electrons. The maximum atomic E-state index is 12.2. The third-order valence-electron chi connectivity index (χ3n) is 3.81. The standard InChI is InChI=1S/C15H27N3O/c1-4-8-18(9-5-2)15(19)12-17-10-7-14(16)13(6-3)11-17/h4-5,13-14H,1-2,6-12,16H2,3H3. The van der Waals surface area contributed by atoms with Crippen LogP contribution in [0.25, 0.3) is 0 Å². The predicted molar refractivity (Wildman–Crippen MR) is 79.8 cm³/mol. The monoisotopic (exact) mass is 265 g/mol. The summed E-state index contributed by atoms with van der Waals surface area (Å²) in [4.78, 5) is 16.2. The molecule has 4 heteroatoms. The summed E-state index contributed by atoms with van der Waals surface area (Å²) in [5.41, 5.74) is 6.09. The lowest BCUT2D eigenvalue weighted by atomic mass is 9.91. The van der Waals surface area contributed by atoms with Crippen LogP contribution in [0.3, 0.4) is 0 Å². The highest BCUT2D eigenvalue weighted by atomic mass is 16.2. The molecule has 0 aliphatic carbocycles. The first-order chi connectivity index (χ1) is 9.12. The van der Waals surface area contributed by atoms with Gasteiger partial charge in [-0.05, 0) is 12.3 Å². The maximum absolute atomic E-state index is 12.2. The van der Waals surface area contributed by atoms with Crippen molar-refractivity contribution >= 4 is 5.91 Å². The average molecular weight is 265 g/mol. The molecule has 0 spiro atoms. The number of likely N-dealkylation sites (tertiary alicyclic amines) is 1. The van der Waals surface area contributed by atoms with Gasteiger partial charge < -0.3 is 10.6 Å². The molecule has 1 amide bonds. The molecule has 1 aliphatic heterocycles. The van der Waals surface area contributed by atoms with Gasteiger partial charge in [-0.25, -0.2) is 0 Å². The number of nitrogens with zero attached hydrogens (tertiary/aromatic N) is 2. The van der Waals surface area contributed by atoms with Crippen LogP contribution in [0.5, 0.6) is 0 Å². The molecule has 0 saturated carbocycles. The molecule has 2 N–H and O–H groups in total. The number of hydrogen-bond donors (Lipinski definition) is 1. The Labute approximate surface area is 116 Å². The van der Waals surface area contributed by atoms with Crippen LogP contribution in [-0.2, 0) is 4.79 Å². The second kappa shape index (κ2) is 8.12. The smallest absolute Gasteiger partial charge is 0.237 e. The van der Waals surface area contributed by atoms with Crippen molar-refractivity contribution in [3.63, 3.8) is 0 Å². The molecule has 2 unspecified atom stereocenters. The van der Waals surface area contributed by atoms with Gasteiger partial charge in [0.05, 0.1) is 6.54 Å². The number of rotatable bonds is 7. The number of amides is 1. The van der Waals surface area contributed by atoms with Crippen LogP contribution in [0.1, 0.15) is 19.8 Å². The van der Waals surface area contributed by atoms with Gasteiger partial charge in [0.1, 0.15) is 0 Å². The minimum Gasteiger partial charge on any atom is -0.334 e. The normalized spacial score (nSPS) is 23.9. The zero-order valence-corrected chi connectivity index (χ0v) is 12.1. The van der Waals surface area contributed by atoms with E-state index in [1.54, 1.807) is 17.1 Å². The average Bonchev–Trinajstić information content (AvgIpc) is 2.40. The van der Waals surface area contributed by atoms with Gasteiger partial charge >= 0.3 is 0 Å². The fourth-order valence-electron chi connectivity index (χ4n) is 2.58. The molecule has 0 radical (unpaired) electrons. The van der Waals surface area contributed by atoms with Gasteiger partial charge in [0.2, 0.25) is 5.91 Å². The molecular formula is C15H27N3O. The van der Waals surface area contributed by atoms with Crippen molar-refractivity contribution in [2.45, 2.75) is 25.8 Å². The minimum atomic E-state index is 0.144. The molecule has 1 aliphatic rings. The summed E-state index contributed by atoms with van der Waals surface area (Å²) >= 11 is 0. The van der Waals surface area contributed by atoms with Gasteiger partial charge in [0.25, 0.3) is 0 Å². The van der Waals surface area contributed by atoms with E-state index in [0.717, 1.165) is 25.9 Å². The number of carbonyl (C=O) groups excluding carboxylic acids is 1. The number of nitrogens with two attached hydrogens (primary N) is 1. The van der Waals surface area contributed by atoms with Gasteiger partial charge in [0, 0.05) is 32.2 Å². The largest absolute Gasteiger partial charge is 0.334 e. The first-order valence-corrected chi connectivity index (χ1v) is 7.09. The van der Waals surface area contributed by atoms with Crippen LogP contribution < -0.4 is 5.73 Å². The summed E-state index contributed by atoms with van der Waals surface area (Å²) in [7, 11) is 0. The molecule has 0 bridgehead atoms. The summed E-state index contributed by atoms with van der Waals surface area (Å²) in [5, 5.41) is 0. The lowest BCUT2D eigenvalue weighted by Crippen LogP contribution is -2.50. The van der Waals surface area contributed by atoms with Crippen molar-refractivity contribution < 1.29 is 4.79 Å². The van der Waals surface area contributed by atoms with Gasteiger partial charge in [-0.1, -0.05) is 25.5 Å². The van der Waals surface area contributed by atoms with Crippen molar-refractivity contribution in [3.8, 4) is 0 Å². The van der Waals surface area contributed by atoms with Crippen LogP contribution in [0.2, 0.25) is 0 Å². The molecular weight excluding hydrogens is 238 g/mol. The van der Waals surface area contributed by atoms with Crippen molar-refractivity contribution in [2.75, 3.05) is 32.7 Å². The van der Waals surface area contributed by atoms with Crippen LogP contribution >= 0.6 is 0 Å². The van der Waals surface area contributed by atoms with E-state index in [4.69, 9.17) is 5.73 Å². The van der Waals surface area contributed by atoms with E-state index in [2.05, 4.69) is 25.0 Å². The molecule has 1 rings (SSSR count). The second-order valence-electron chi connectivity index (χ2n) is 5.23. The third-order valence-corrected chi connectivity index (χ3v) is 3.81. The fourth-order valence-corrected chi connectivity index (χ4v) is 2.58. The highest BCUT2D eigenvalue weighted by Gasteiger charge is 2.27. The van der Waals surface area contributed by atoms with E-state index in [0.29, 0.717) is 25.6 Å². The Bertz CT molecular complexity index is 307. The molecule has 1 saturated heterocycles. The van der Waals surface area contributed by atoms with Crippen molar-refractivity contribution in [1.82, 2.24) is 9.80 Å². The predicted octanol–water partition coefficient (Wildman–Crippen LogP) is 1.25.